The molecular weight excluding hydrogens is 388 g/mol. The Morgan fingerprint density at radius 1 is 1.45 bits per heavy atom. The minimum Gasteiger partial charge on any atom is -0.501 e. The highest BCUT2D eigenvalue weighted by Gasteiger charge is 2.18. The Morgan fingerprint density at radius 3 is 2.69 bits per heavy atom. The predicted octanol–water partition coefficient (Wildman–Crippen LogP) is 3.89. The van der Waals surface area contributed by atoms with E-state index in [9.17, 15) is 9.90 Å². The van der Waals surface area contributed by atoms with Crippen LogP contribution in [0.5, 0.6) is 0 Å². The SMILES string of the molecule is C=C/C=C(\C=C(/C)OC)CN(C)/N=C\c1c(C=O)n(C)c2nc(CO)sc12.CC. The predicted molar refractivity (Wildman–Crippen MR) is 121 cm³/mol. The lowest BCUT2D eigenvalue weighted by molar-refractivity contribution is 0.111. The van der Waals surface area contributed by atoms with E-state index in [-0.39, 0.29) is 6.61 Å². The first-order chi connectivity index (χ1) is 13.9. The van der Waals surface area contributed by atoms with E-state index in [1.165, 1.54) is 11.3 Å². The lowest BCUT2D eigenvalue weighted by Crippen LogP contribution is -2.14. The zero-order valence-corrected chi connectivity index (χ0v) is 18.8. The van der Waals surface area contributed by atoms with Crippen LogP contribution in [-0.2, 0) is 18.4 Å². The molecule has 0 aliphatic carbocycles. The van der Waals surface area contributed by atoms with Crippen LogP contribution in [0.15, 0.2) is 41.2 Å². The first kappa shape index (κ1) is 24.3. The van der Waals surface area contributed by atoms with Crippen LogP contribution in [-0.4, -0.2) is 52.9 Å². The van der Waals surface area contributed by atoms with E-state index in [0.29, 0.717) is 28.5 Å². The number of ether oxygens (including phenoxy) is 1. The summed E-state index contributed by atoms with van der Waals surface area (Å²) in [6, 6.07) is 0. The molecule has 0 saturated heterocycles. The summed E-state index contributed by atoms with van der Waals surface area (Å²) in [6.07, 6.45) is 7.97. The summed E-state index contributed by atoms with van der Waals surface area (Å²) >= 11 is 1.36. The van der Waals surface area contributed by atoms with E-state index < -0.39 is 0 Å². The zero-order valence-electron chi connectivity index (χ0n) is 18.0. The summed E-state index contributed by atoms with van der Waals surface area (Å²) in [5, 5.41) is 16.2. The molecule has 1 N–H and O–H groups in total. The maximum absolute atomic E-state index is 11.5. The molecule has 0 fully saturated rings. The number of likely N-dealkylation sites (N-methyl/N-ethyl adjacent to an activating group) is 1. The highest BCUT2D eigenvalue weighted by atomic mass is 32.1. The molecule has 2 aromatic rings. The second-order valence-corrected chi connectivity index (χ2v) is 6.97. The Kier molecular flexibility index (Phi) is 10.1. The van der Waals surface area contributed by atoms with Crippen LogP contribution in [0.4, 0.5) is 0 Å². The van der Waals surface area contributed by atoms with Crippen molar-refractivity contribution < 1.29 is 14.6 Å². The number of hydrogen-bond donors (Lipinski definition) is 1. The van der Waals surface area contributed by atoms with Gasteiger partial charge in [-0.15, -0.1) is 11.3 Å². The number of nitrogens with zero attached hydrogens (tertiary/aromatic N) is 4. The van der Waals surface area contributed by atoms with Crippen LogP contribution in [0, 0.1) is 0 Å². The number of methoxy groups -OCH3 is 1. The van der Waals surface area contributed by atoms with Gasteiger partial charge >= 0.3 is 0 Å². The molecule has 0 atom stereocenters. The Labute approximate surface area is 176 Å². The van der Waals surface area contributed by atoms with Gasteiger partial charge in [0.15, 0.2) is 11.9 Å². The van der Waals surface area contributed by atoms with E-state index in [4.69, 9.17) is 4.74 Å². The number of aliphatic hydroxyl groups is 1. The van der Waals surface area contributed by atoms with E-state index in [0.717, 1.165) is 22.3 Å². The molecule has 8 heteroatoms. The normalized spacial score (nSPS) is 12.1. The second kappa shape index (κ2) is 12.0. The largest absolute Gasteiger partial charge is 0.501 e. The average Bonchev–Trinajstić information content (AvgIpc) is 3.25. The van der Waals surface area contributed by atoms with Crippen LogP contribution in [0.25, 0.3) is 10.3 Å². The summed E-state index contributed by atoms with van der Waals surface area (Å²) < 4.78 is 7.74. The lowest BCUT2D eigenvalue weighted by atomic mass is 10.2. The number of carbonyl (C=O) groups excluding carboxylic acids is 1. The molecule has 158 valence electrons. The van der Waals surface area contributed by atoms with E-state index in [1.54, 1.807) is 36.0 Å². The van der Waals surface area contributed by atoms with E-state index in [1.807, 2.05) is 40.0 Å². The number of aldehydes is 1. The van der Waals surface area contributed by atoms with Gasteiger partial charge in [-0.25, -0.2) is 4.98 Å². The van der Waals surface area contributed by atoms with Crippen LogP contribution < -0.4 is 0 Å². The Hall–Kier alpha value is -2.71. The van der Waals surface area contributed by atoms with Crippen LogP contribution in [0.1, 0.15) is 41.8 Å². The number of allylic oxidation sites excluding steroid dienone is 3. The fourth-order valence-corrected chi connectivity index (χ4v) is 3.56. The van der Waals surface area contributed by atoms with Crippen LogP contribution in [0.3, 0.4) is 0 Å². The highest BCUT2D eigenvalue weighted by Crippen LogP contribution is 2.29. The first-order valence-corrected chi connectivity index (χ1v) is 10.1. The number of hydrazone groups is 1. The van der Waals surface area contributed by atoms with Crippen molar-refractivity contribution in [3.8, 4) is 0 Å². The summed E-state index contributed by atoms with van der Waals surface area (Å²) in [7, 11) is 5.24. The van der Waals surface area contributed by atoms with Crippen molar-refractivity contribution in [3.05, 3.63) is 52.4 Å². The van der Waals surface area contributed by atoms with Gasteiger partial charge in [-0.1, -0.05) is 32.6 Å². The lowest BCUT2D eigenvalue weighted by Gasteiger charge is -2.14. The number of aromatic nitrogens is 2. The van der Waals surface area contributed by atoms with Crippen molar-refractivity contribution in [1.82, 2.24) is 14.6 Å². The fourth-order valence-electron chi connectivity index (χ4n) is 2.58. The van der Waals surface area contributed by atoms with Crippen molar-refractivity contribution in [2.24, 2.45) is 12.1 Å². The maximum atomic E-state index is 11.5. The van der Waals surface area contributed by atoms with Gasteiger partial charge in [-0.05, 0) is 18.6 Å². The average molecular weight is 419 g/mol. The fraction of sp³-hybridized carbons (Fsp3) is 0.381. The van der Waals surface area contributed by atoms with E-state index >= 15 is 0 Å². The standard InChI is InChI=1S/C19H24N4O3S.C2H6/c1-6-7-14(8-13(2)26-5)10-22(3)20-9-15-16(11-24)23(4)19-18(15)27-17(12-25)21-19;1-2/h6-9,11,25H,1,10,12H2,2-5H3;1-2H3/b13-8+,14-7+,20-9-;. The van der Waals surface area contributed by atoms with Crippen molar-refractivity contribution in [2.75, 3.05) is 20.7 Å². The van der Waals surface area contributed by atoms with Gasteiger partial charge in [-0.3, -0.25) is 9.80 Å². The minimum absolute atomic E-state index is 0.132. The van der Waals surface area contributed by atoms with Crippen molar-refractivity contribution in [2.45, 2.75) is 27.4 Å². The summed E-state index contributed by atoms with van der Waals surface area (Å²) in [5.74, 6) is 0.787. The molecule has 0 unspecified atom stereocenters. The number of carbonyl (C=O) groups is 1. The molecule has 2 rings (SSSR count). The smallest absolute Gasteiger partial charge is 0.167 e. The van der Waals surface area contributed by atoms with Gasteiger partial charge in [0, 0.05) is 19.7 Å². The maximum Gasteiger partial charge on any atom is 0.167 e. The summed E-state index contributed by atoms with van der Waals surface area (Å²) in [4.78, 5) is 15.9. The third kappa shape index (κ3) is 6.13. The number of rotatable bonds is 9. The van der Waals surface area contributed by atoms with Crippen molar-refractivity contribution in [1.29, 1.82) is 0 Å². The topological polar surface area (TPSA) is 80.0 Å². The molecule has 2 heterocycles. The van der Waals surface area contributed by atoms with Crippen molar-refractivity contribution in [3.63, 3.8) is 0 Å². The molecule has 0 aromatic carbocycles. The molecule has 0 bridgehead atoms. The van der Waals surface area contributed by atoms with E-state index in [2.05, 4.69) is 16.7 Å². The summed E-state index contributed by atoms with van der Waals surface area (Å²) in [6.45, 7) is 10.0. The minimum atomic E-state index is -0.132. The zero-order chi connectivity index (χ0) is 22.0. The number of thiazole rings is 1. The molecule has 0 amide bonds. The Morgan fingerprint density at radius 2 is 2.14 bits per heavy atom. The highest BCUT2D eigenvalue weighted by molar-refractivity contribution is 7.19. The third-order valence-electron chi connectivity index (χ3n) is 3.94. The Balaban J connectivity index is 0.00000204. The van der Waals surface area contributed by atoms with Gasteiger partial charge in [-0.2, -0.15) is 5.10 Å². The molecule has 0 saturated carbocycles. The second-order valence-electron chi connectivity index (χ2n) is 5.89. The van der Waals surface area contributed by atoms with Crippen LogP contribution >= 0.6 is 11.3 Å². The van der Waals surface area contributed by atoms with Crippen LogP contribution in [0.2, 0.25) is 0 Å². The van der Waals surface area contributed by atoms with Gasteiger partial charge in [0.1, 0.15) is 5.01 Å². The van der Waals surface area contributed by atoms with Gasteiger partial charge in [0.05, 0.1) is 42.6 Å². The quantitative estimate of drug-likeness (QED) is 0.220. The summed E-state index contributed by atoms with van der Waals surface area (Å²) in [5.41, 5.74) is 2.85. The van der Waals surface area contributed by atoms with Gasteiger partial charge in [0.2, 0.25) is 0 Å². The van der Waals surface area contributed by atoms with Gasteiger partial charge < -0.3 is 14.4 Å². The molecule has 29 heavy (non-hydrogen) atoms. The monoisotopic (exact) mass is 418 g/mol. The molecule has 0 radical (unpaired) electrons. The molecule has 0 spiro atoms. The number of aryl methyl sites for hydroxylation is 1. The molecule has 7 nitrogen and oxygen atoms in total. The molecule has 0 aliphatic rings. The Bertz CT molecular complexity index is 922. The number of fused-ring (bicyclic) bond motifs is 1. The first-order valence-electron chi connectivity index (χ1n) is 9.28. The van der Waals surface area contributed by atoms with Gasteiger partial charge in [0.25, 0.3) is 0 Å². The number of aliphatic hydroxyl groups excluding tert-OH is 1. The van der Waals surface area contributed by atoms with Crippen molar-refractivity contribution >= 4 is 34.2 Å². The number of hydrogen-bond acceptors (Lipinski definition) is 7. The molecular formula is C21H30N4O3S. The third-order valence-corrected chi connectivity index (χ3v) is 5.00. The molecule has 2 aromatic heterocycles. The molecule has 0 aliphatic heterocycles.